The molecule has 0 spiro atoms. The van der Waals surface area contributed by atoms with Crippen LogP contribution in [0.25, 0.3) is 11.3 Å². The van der Waals surface area contributed by atoms with E-state index in [0.29, 0.717) is 22.2 Å². The Morgan fingerprint density at radius 2 is 1.93 bits per heavy atom. The van der Waals surface area contributed by atoms with Gasteiger partial charge in [0, 0.05) is 22.6 Å². The van der Waals surface area contributed by atoms with E-state index in [9.17, 15) is 4.79 Å². The van der Waals surface area contributed by atoms with Gasteiger partial charge in [0.1, 0.15) is 0 Å². The van der Waals surface area contributed by atoms with E-state index < -0.39 is 6.23 Å². The highest BCUT2D eigenvalue weighted by Gasteiger charge is 2.29. The number of nitrogens with zero attached hydrogens (tertiary/aromatic N) is 3. The molecule has 1 N–H and O–H groups in total. The molecule has 134 valence electrons. The van der Waals surface area contributed by atoms with E-state index in [1.807, 2.05) is 42.5 Å². The molecule has 0 bridgehead atoms. The molecule has 7 heteroatoms. The molecule has 6 nitrogen and oxygen atoms in total. The topological polar surface area (TPSA) is 77.0 Å². The summed E-state index contributed by atoms with van der Waals surface area (Å²) in [6.07, 6.45) is 0.850. The summed E-state index contributed by atoms with van der Waals surface area (Å²) in [5.74, 6) is 0.752. The summed E-state index contributed by atoms with van der Waals surface area (Å²) in [7, 11) is 0. The van der Waals surface area contributed by atoms with Crippen LogP contribution in [0.2, 0.25) is 0 Å². The van der Waals surface area contributed by atoms with Crippen LogP contribution in [0.15, 0.2) is 72.4 Å². The first-order chi connectivity index (χ1) is 13.3. The Kier molecular flexibility index (Phi) is 4.84. The van der Waals surface area contributed by atoms with Crippen LogP contribution in [0, 0.1) is 0 Å². The number of carbonyl (C=O) groups is 1. The fraction of sp³-hybridized carbons (Fsp3) is 0.100. The second-order valence-corrected chi connectivity index (χ2v) is 6.75. The minimum absolute atomic E-state index is 0.183. The molecule has 4 rings (SSSR count). The maximum atomic E-state index is 13.0. The molecule has 0 saturated heterocycles. The summed E-state index contributed by atoms with van der Waals surface area (Å²) in [6.45, 7) is 3.69. The van der Waals surface area contributed by atoms with Crippen LogP contribution in [-0.2, 0) is 0 Å². The maximum absolute atomic E-state index is 13.0. The van der Waals surface area contributed by atoms with Crippen molar-refractivity contribution in [3.05, 3.63) is 72.8 Å². The number of carbonyl (C=O) groups excluding carboxylic acids is 1. The highest BCUT2D eigenvalue weighted by molar-refractivity contribution is 7.99. The Hall–Kier alpha value is -3.19. The Morgan fingerprint density at radius 1 is 1.15 bits per heavy atom. The number of hydrogen-bond donors (Lipinski definition) is 1. The molecule has 0 aliphatic carbocycles. The van der Waals surface area contributed by atoms with Gasteiger partial charge >= 0.3 is 0 Å². The molecule has 27 heavy (non-hydrogen) atoms. The number of benzene rings is 2. The van der Waals surface area contributed by atoms with E-state index in [1.54, 1.807) is 18.2 Å². The molecule has 0 unspecified atom stereocenters. The van der Waals surface area contributed by atoms with Crippen molar-refractivity contribution in [2.75, 3.05) is 11.1 Å². The van der Waals surface area contributed by atoms with Crippen molar-refractivity contribution in [3.8, 4) is 17.1 Å². The van der Waals surface area contributed by atoms with Crippen LogP contribution in [-0.4, -0.2) is 32.9 Å². The monoisotopic (exact) mass is 376 g/mol. The van der Waals surface area contributed by atoms with Gasteiger partial charge in [-0.15, -0.1) is 16.8 Å². The summed E-state index contributed by atoms with van der Waals surface area (Å²) >= 11 is 1.40. The second kappa shape index (κ2) is 7.59. The third kappa shape index (κ3) is 3.54. The molecule has 2 aromatic carbocycles. The standard InChI is InChI=1S/C20H16N4O2S/c1-2-12-27-20-22-18-16(23-24-20)14-10-6-7-11-15(14)21-19(26-18)17(25)13-8-4-3-5-9-13/h2-11,19,21H,1,12H2/t19-/m0/s1. The van der Waals surface area contributed by atoms with E-state index in [4.69, 9.17) is 4.74 Å². The first kappa shape index (κ1) is 17.2. The number of ether oxygens (including phenoxy) is 1. The van der Waals surface area contributed by atoms with Gasteiger partial charge in [-0.2, -0.15) is 4.98 Å². The van der Waals surface area contributed by atoms with Gasteiger partial charge in [-0.05, 0) is 6.07 Å². The summed E-state index contributed by atoms with van der Waals surface area (Å²) in [4.78, 5) is 17.4. The van der Waals surface area contributed by atoms with Crippen molar-refractivity contribution in [1.29, 1.82) is 0 Å². The fourth-order valence-corrected chi connectivity index (χ4v) is 3.23. The summed E-state index contributed by atoms with van der Waals surface area (Å²) in [6, 6.07) is 16.6. The number of thioether (sulfide) groups is 1. The van der Waals surface area contributed by atoms with E-state index in [0.717, 1.165) is 11.3 Å². The fourth-order valence-electron chi connectivity index (χ4n) is 2.71. The molecule has 1 aliphatic rings. The molecule has 0 radical (unpaired) electrons. The van der Waals surface area contributed by atoms with Crippen molar-refractivity contribution in [1.82, 2.24) is 15.2 Å². The zero-order valence-electron chi connectivity index (χ0n) is 14.3. The molecule has 2 heterocycles. The third-order valence-corrected chi connectivity index (χ3v) is 4.79. The molecule has 0 fully saturated rings. The number of ketones is 1. The maximum Gasteiger partial charge on any atom is 0.247 e. The Bertz CT molecular complexity index is 994. The number of hydrogen-bond acceptors (Lipinski definition) is 7. The van der Waals surface area contributed by atoms with Crippen LogP contribution in [0.4, 0.5) is 5.69 Å². The summed E-state index contributed by atoms with van der Waals surface area (Å²) < 4.78 is 5.96. The molecular formula is C20H16N4O2S. The van der Waals surface area contributed by atoms with Crippen LogP contribution < -0.4 is 10.1 Å². The van der Waals surface area contributed by atoms with Gasteiger partial charge in [-0.25, -0.2) is 0 Å². The average molecular weight is 376 g/mol. The largest absolute Gasteiger partial charge is 0.444 e. The lowest BCUT2D eigenvalue weighted by Crippen LogP contribution is -2.35. The van der Waals surface area contributed by atoms with E-state index in [1.165, 1.54) is 11.8 Å². The number of nitrogens with one attached hydrogen (secondary N) is 1. The third-order valence-electron chi connectivity index (χ3n) is 3.96. The van der Waals surface area contributed by atoms with Crippen LogP contribution in [0.3, 0.4) is 0 Å². The van der Waals surface area contributed by atoms with Crippen molar-refractivity contribution in [2.45, 2.75) is 11.4 Å². The van der Waals surface area contributed by atoms with Crippen molar-refractivity contribution in [3.63, 3.8) is 0 Å². The molecule has 1 aromatic heterocycles. The first-order valence-electron chi connectivity index (χ1n) is 8.36. The van der Waals surface area contributed by atoms with Gasteiger partial charge in [-0.3, -0.25) is 4.79 Å². The average Bonchev–Trinajstić information content (AvgIpc) is 2.88. The summed E-state index contributed by atoms with van der Waals surface area (Å²) in [5.41, 5.74) is 2.59. The van der Waals surface area contributed by atoms with Gasteiger partial charge < -0.3 is 10.1 Å². The van der Waals surface area contributed by atoms with Gasteiger partial charge in [0.2, 0.25) is 23.0 Å². The number of aromatic nitrogens is 3. The van der Waals surface area contributed by atoms with E-state index in [2.05, 4.69) is 27.1 Å². The predicted octanol–water partition coefficient (Wildman–Crippen LogP) is 3.83. The minimum atomic E-state index is -0.913. The van der Waals surface area contributed by atoms with Crippen LogP contribution in [0.5, 0.6) is 5.88 Å². The molecule has 0 amide bonds. The lowest BCUT2D eigenvalue weighted by Gasteiger charge is -2.17. The number of rotatable bonds is 5. The molecular weight excluding hydrogens is 360 g/mol. The SMILES string of the molecule is C=CCSc1nnc2c(n1)O[C@@H](C(=O)c1ccccc1)Nc1ccccc1-2. The zero-order chi connectivity index (χ0) is 18.6. The van der Waals surface area contributed by atoms with E-state index >= 15 is 0 Å². The van der Waals surface area contributed by atoms with Crippen molar-refractivity contribution >= 4 is 23.2 Å². The smallest absolute Gasteiger partial charge is 0.247 e. The molecule has 1 aliphatic heterocycles. The Labute approximate surface area is 160 Å². The second-order valence-electron chi connectivity index (χ2n) is 5.77. The number of fused-ring (bicyclic) bond motifs is 3. The lowest BCUT2D eigenvalue weighted by atomic mass is 10.1. The van der Waals surface area contributed by atoms with Gasteiger partial charge in [0.05, 0.1) is 0 Å². The minimum Gasteiger partial charge on any atom is -0.444 e. The Balaban J connectivity index is 1.76. The van der Waals surface area contributed by atoms with Crippen LogP contribution >= 0.6 is 11.8 Å². The highest BCUT2D eigenvalue weighted by atomic mass is 32.2. The zero-order valence-corrected chi connectivity index (χ0v) is 15.1. The Morgan fingerprint density at radius 3 is 2.74 bits per heavy atom. The quantitative estimate of drug-likeness (QED) is 0.412. The number of anilines is 1. The van der Waals surface area contributed by atoms with E-state index in [-0.39, 0.29) is 11.7 Å². The van der Waals surface area contributed by atoms with Crippen molar-refractivity contribution < 1.29 is 9.53 Å². The molecule has 0 saturated carbocycles. The number of Topliss-reactive ketones (excluding diaryl/α,β-unsaturated/α-hetero) is 1. The summed E-state index contributed by atoms with van der Waals surface area (Å²) in [5, 5.41) is 12.1. The van der Waals surface area contributed by atoms with Crippen LogP contribution in [0.1, 0.15) is 10.4 Å². The van der Waals surface area contributed by atoms with Gasteiger partial charge in [-0.1, -0.05) is 66.4 Å². The van der Waals surface area contributed by atoms with Crippen molar-refractivity contribution in [2.24, 2.45) is 0 Å². The predicted molar refractivity (Wildman–Crippen MR) is 105 cm³/mol. The normalized spacial score (nSPS) is 14.7. The molecule has 1 atom stereocenters. The van der Waals surface area contributed by atoms with Gasteiger partial charge in [0.15, 0.2) is 5.69 Å². The highest BCUT2D eigenvalue weighted by Crippen LogP contribution is 2.36. The lowest BCUT2D eigenvalue weighted by molar-refractivity contribution is 0.0823. The first-order valence-corrected chi connectivity index (χ1v) is 9.35. The van der Waals surface area contributed by atoms with Gasteiger partial charge in [0.25, 0.3) is 0 Å². The molecule has 3 aromatic rings. The number of para-hydroxylation sites is 1.